The van der Waals surface area contributed by atoms with E-state index in [9.17, 15) is 19.2 Å². The van der Waals surface area contributed by atoms with Crippen LogP contribution in [-0.4, -0.2) is 151 Å². The van der Waals surface area contributed by atoms with E-state index in [4.69, 9.17) is 30.1 Å². The number of amides is 3. The van der Waals surface area contributed by atoms with Crippen molar-refractivity contribution in [3.63, 3.8) is 0 Å². The van der Waals surface area contributed by atoms with Crippen molar-refractivity contribution in [1.82, 2.24) is 39.8 Å². The zero-order chi connectivity index (χ0) is 36.7. The van der Waals surface area contributed by atoms with Crippen molar-refractivity contribution < 1.29 is 42.9 Å². The predicted molar refractivity (Wildman–Crippen MR) is 185 cm³/mol. The Balaban J connectivity index is 1.11. The van der Waals surface area contributed by atoms with Gasteiger partial charge >= 0.3 is 0 Å². The first-order chi connectivity index (χ1) is 25.4. The molecule has 3 amide bonds. The van der Waals surface area contributed by atoms with Crippen molar-refractivity contribution in [2.45, 2.75) is 0 Å². The number of nitrogens with zero attached hydrogens (tertiary/aromatic N) is 6. The summed E-state index contributed by atoms with van der Waals surface area (Å²) in [5.41, 5.74) is 0.999. The van der Waals surface area contributed by atoms with Crippen LogP contribution in [0.1, 0.15) is 31.3 Å². The molecule has 1 saturated heterocycles. The van der Waals surface area contributed by atoms with Crippen LogP contribution in [0.15, 0.2) is 49.1 Å². The third-order valence-electron chi connectivity index (χ3n) is 7.93. The molecule has 274 valence electrons. The Labute approximate surface area is 299 Å². The molecule has 1 fully saturated rings. The summed E-state index contributed by atoms with van der Waals surface area (Å²) in [7, 11) is 1.43. The minimum atomic E-state index is -0.746. The molecule has 1 aliphatic rings. The maximum Gasteiger partial charge on any atom is 0.295 e. The van der Waals surface area contributed by atoms with Crippen LogP contribution in [-0.2, 0) is 23.7 Å². The van der Waals surface area contributed by atoms with Gasteiger partial charge in [0, 0.05) is 44.5 Å². The maximum absolute atomic E-state index is 13.6. The predicted octanol–water partition coefficient (Wildman–Crippen LogP) is 0.749. The van der Waals surface area contributed by atoms with Crippen molar-refractivity contribution in [2.24, 2.45) is 0 Å². The van der Waals surface area contributed by atoms with Gasteiger partial charge in [0.15, 0.2) is 5.82 Å². The van der Waals surface area contributed by atoms with Crippen LogP contribution in [0.5, 0.6) is 5.75 Å². The lowest BCUT2D eigenvalue weighted by molar-refractivity contribution is -0.127. The number of rotatable bonds is 19. The molecule has 0 radical (unpaired) electrons. The van der Waals surface area contributed by atoms with E-state index in [-0.39, 0.29) is 61.7 Å². The van der Waals surface area contributed by atoms with E-state index in [1.54, 1.807) is 29.2 Å². The monoisotopic (exact) mass is 716 g/mol. The van der Waals surface area contributed by atoms with Crippen LogP contribution in [0.4, 0.5) is 0 Å². The molecule has 3 aromatic heterocycles. The number of terminal acetylenes is 1. The highest BCUT2D eigenvalue weighted by Gasteiger charge is 2.31. The fraction of sp³-hybridized carbons (Fsp3) is 0.400. The van der Waals surface area contributed by atoms with Gasteiger partial charge in [-0.15, -0.1) is 11.5 Å². The number of carbonyl (C=O) groups excluding carboxylic acids is 4. The summed E-state index contributed by atoms with van der Waals surface area (Å²) in [6.07, 6.45) is 9.22. The summed E-state index contributed by atoms with van der Waals surface area (Å²) in [6, 6.07) is 8.91. The Bertz CT molecular complexity index is 1860. The standard InChI is InChI=1S/C35H40N8O9/c1-3-14-49-16-18-51-20-21-52-19-17-50-15-9-36-33(45)31-39-24-43(40-31)32-29-28(27(48-2)23-38-32)26(22-37-29)30(44)35(47)42-12-10-41(11-13-42)34(46)25-7-5-4-6-8-25/h1,4-8,22-24,37H,9-21H2,2H3,(H,36,45). The minimum absolute atomic E-state index is 0.0854. The molecule has 0 atom stereocenters. The molecule has 0 saturated carbocycles. The van der Waals surface area contributed by atoms with Crippen LogP contribution >= 0.6 is 0 Å². The average Bonchev–Trinajstić information content (AvgIpc) is 3.86. The van der Waals surface area contributed by atoms with Crippen molar-refractivity contribution in [3.05, 3.63) is 66.0 Å². The number of ketones is 1. The summed E-state index contributed by atoms with van der Waals surface area (Å²) in [4.78, 5) is 67.1. The Morgan fingerprint density at radius 1 is 0.885 bits per heavy atom. The molecule has 4 aromatic rings. The second kappa shape index (κ2) is 19.1. The number of carbonyl (C=O) groups is 4. The van der Waals surface area contributed by atoms with Crippen molar-refractivity contribution in [3.8, 4) is 23.9 Å². The first-order valence-electron chi connectivity index (χ1n) is 16.6. The third-order valence-corrected chi connectivity index (χ3v) is 7.93. The molecule has 5 rings (SSSR count). The molecule has 0 spiro atoms. The SMILES string of the molecule is C#CCOCCOCCOCCOCCNC(=O)c1ncn(-c2ncc(OC)c3c(C(=O)C(=O)N4CCN(C(=O)c5ccccc5)CC4)c[nH]c23)n1. The van der Waals surface area contributed by atoms with Gasteiger partial charge in [0.1, 0.15) is 18.7 Å². The lowest BCUT2D eigenvalue weighted by Gasteiger charge is -2.34. The number of ether oxygens (including phenoxy) is 5. The Kier molecular flexibility index (Phi) is 13.8. The fourth-order valence-electron chi connectivity index (χ4n) is 5.32. The second-order valence-corrected chi connectivity index (χ2v) is 11.2. The lowest BCUT2D eigenvalue weighted by Crippen LogP contribution is -2.52. The second-order valence-electron chi connectivity index (χ2n) is 11.2. The van der Waals surface area contributed by atoms with Gasteiger partial charge in [-0.2, -0.15) is 4.68 Å². The van der Waals surface area contributed by atoms with Crippen LogP contribution in [0, 0.1) is 12.3 Å². The van der Waals surface area contributed by atoms with Crippen LogP contribution in [0.3, 0.4) is 0 Å². The maximum atomic E-state index is 13.6. The van der Waals surface area contributed by atoms with Gasteiger partial charge < -0.3 is 43.8 Å². The molecule has 17 nitrogen and oxygen atoms in total. The molecule has 2 N–H and O–H groups in total. The number of methoxy groups -OCH3 is 1. The quantitative estimate of drug-likeness (QED) is 0.0600. The summed E-state index contributed by atoms with van der Waals surface area (Å²) in [5, 5.41) is 7.28. The molecule has 1 aromatic carbocycles. The zero-order valence-corrected chi connectivity index (χ0v) is 28.7. The number of H-pyrrole nitrogens is 1. The number of pyridine rings is 1. The average molecular weight is 717 g/mol. The molecular weight excluding hydrogens is 676 g/mol. The minimum Gasteiger partial charge on any atom is -0.494 e. The number of aromatic amines is 1. The molecule has 0 bridgehead atoms. The van der Waals surface area contributed by atoms with Gasteiger partial charge in [-0.25, -0.2) is 9.97 Å². The number of fused-ring (bicyclic) bond motifs is 1. The van der Waals surface area contributed by atoms with Crippen LogP contribution in [0.25, 0.3) is 16.7 Å². The van der Waals surface area contributed by atoms with E-state index in [2.05, 4.69) is 31.3 Å². The Morgan fingerprint density at radius 3 is 2.21 bits per heavy atom. The van der Waals surface area contributed by atoms with Gasteiger partial charge in [0.05, 0.1) is 76.0 Å². The van der Waals surface area contributed by atoms with Gasteiger partial charge in [0.25, 0.3) is 23.5 Å². The number of nitrogens with one attached hydrogen (secondary N) is 2. The highest BCUT2D eigenvalue weighted by molar-refractivity contribution is 6.45. The number of benzene rings is 1. The van der Waals surface area contributed by atoms with E-state index in [0.29, 0.717) is 69.2 Å². The lowest BCUT2D eigenvalue weighted by atomic mass is 10.1. The van der Waals surface area contributed by atoms with E-state index in [1.165, 1.54) is 35.4 Å². The van der Waals surface area contributed by atoms with E-state index < -0.39 is 17.6 Å². The molecular formula is C35H40N8O9. The van der Waals surface area contributed by atoms with Crippen LogP contribution in [0.2, 0.25) is 0 Å². The van der Waals surface area contributed by atoms with Gasteiger partial charge in [-0.1, -0.05) is 24.1 Å². The van der Waals surface area contributed by atoms with E-state index >= 15 is 0 Å². The highest BCUT2D eigenvalue weighted by atomic mass is 16.6. The Morgan fingerprint density at radius 2 is 1.54 bits per heavy atom. The van der Waals surface area contributed by atoms with Gasteiger partial charge in [-0.3, -0.25) is 19.2 Å². The molecule has 0 unspecified atom stereocenters. The van der Waals surface area contributed by atoms with E-state index in [1.807, 2.05) is 6.07 Å². The topological polar surface area (TPSA) is 192 Å². The van der Waals surface area contributed by atoms with Crippen molar-refractivity contribution >= 4 is 34.4 Å². The fourth-order valence-corrected chi connectivity index (χ4v) is 5.32. The highest BCUT2D eigenvalue weighted by Crippen LogP contribution is 2.32. The molecule has 52 heavy (non-hydrogen) atoms. The number of hydrogen-bond donors (Lipinski definition) is 2. The largest absolute Gasteiger partial charge is 0.494 e. The number of aromatic nitrogens is 5. The number of piperazine rings is 1. The summed E-state index contributed by atoms with van der Waals surface area (Å²) in [6.45, 7) is 4.15. The van der Waals surface area contributed by atoms with Crippen molar-refractivity contribution in [2.75, 3.05) is 92.7 Å². The number of hydrogen-bond acceptors (Lipinski definition) is 12. The molecule has 0 aliphatic carbocycles. The smallest absolute Gasteiger partial charge is 0.295 e. The molecule has 1 aliphatic heterocycles. The summed E-state index contributed by atoms with van der Waals surface area (Å²) in [5.74, 6) is 0.661. The summed E-state index contributed by atoms with van der Waals surface area (Å²) >= 11 is 0. The normalized spacial score (nSPS) is 12.8. The van der Waals surface area contributed by atoms with Gasteiger partial charge in [-0.05, 0) is 12.1 Å². The van der Waals surface area contributed by atoms with Crippen molar-refractivity contribution in [1.29, 1.82) is 0 Å². The Hall–Kier alpha value is -5.67. The summed E-state index contributed by atoms with van der Waals surface area (Å²) < 4.78 is 28.1. The van der Waals surface area contributed by atoms with Crippen LogP contribution < -0.4 is 10.1 Å². The van der Waals surface area contributed by atoms with E-state index in [0.717, 1.165) is 0 Å². The number of Topliss-reactive ketones (excluding diaryl/α,β-unsaturated/α-hetero) is 1. The first-order valence-corrected chi connectivity index (χ1v) is 16.6. The van der Waals surface area contributed by atoms with Gasteiger partial charge in [0.2, 0.25) is 5.82 Å². The molecule has 4 heterocycles. The molecule has 17 heteroatoms. The zero-order valence-electron chi connectivity index (χ0n) is 28.7. The third kappa shape index (κ3) is 9.56. The first kappa shape index (κ1) is 37.6.